The molecule has 1 fully saturated rings. The van der Waals surface area contributed by atoms with Crippen molar-refractivity contribution in [3.63, 3.8) is 0 Å². The van der Waals surface area contributed by atoms with Crippen LogP contribution in [0, 0.1) is 6.92 Å². The molecular weight excluding hydrogens is 206 g/mol. The maximum Gasteiger partial charge on any atom is 0.315 e. The molecule has 1 aliphatic rings. The van der Waals surface area contributed by atoms with Gasteiger partial charge in [-0.3, -0.25) is 0 Å². The van der Waals surface area contributed by atoms with E-state index >= 15 is 0 Å². The third kappa shape index (κ3) is 2.98. The molecule has 2 rings (SSSR count). The maximum absolute atomic E-state index is 11.5. The maximum atomic E-state index is 11.5. The van der Waals surface area contributed by atoms with Crippen LogP contribution in [0.2, 0.25) is 0 Å². The van der Waals surface area contributed by atoms with E-state index in [4.69, 9.17) is 4.52 Å². The lowest BCUT2D eigenvalue weighted by Crippen LogP contribution is -2.40. The molecule has 0 aromatic carbocycles. The van der Waals surface area contributed by atoms with Crippen LogP contribution in [0.4, 0.5) is 4.79 Å². The Morgan fingerprint density at radius 2 is 2.31 bits per heavy atom. The number of amides is 2. The van der Waals surface area contributed by atoms with Crippen LogP contribution in [-0.2, 0) is 6.54 Å². The number of hydrogen-bond donors (Lipinski definition) is 2. The van der Waals surface area contributed by atoms with Gasteiger partial charge in [0.25, 0.3) is 0 Å². The van der Waals surface area contributed by atoms with Gasteiger partial charge in [-0.25, -0.2) is 4.79 Å². The zero-order chi connectivity index (χ0) is 11.4. The summed E-state index contributed by atoms with van der Waals surface area (Å²) in [6, 6.07) is 2.04. The third-order valence-electron chi connectivity index (χ3n) is 2.79. The Balaban J connectivity index is 1.71. The molecule has 1 heterocycles. The van der Waals surface area contributed by atoms with E-state index in [9.17, 15) is 4.79 Å². The van der Waals surface area contributed by atoms with Gasteiger partial charge in [0.15, 0.2) is 5.76 Å². The zero-order valence-electron chi connectivity index (χ0n) is 9.45. The Labute approximate surface area is 94.6 Å². The fourth-order valence-electron chi connectivity index (χ4n) is 1.97. The minimum absolute atomic E-state index is 0.124. The third-order valence-corrected chi connectivity index (χ3v) is 2.79. The standard InChI is InChI=1S/C11H17N3O2/c1-8-6-10(16-14-8)7-12-11(15)13-9-4-2-3-5-9/h6,9H,2-5,7H2,1H3,(H2,12,13,15). The molecule has 1 aliphatic carbocycles. The van der Waals surface area contributed by atoms with Gasteiger partial charge in [-0.1, -0.05) is 18.0 Å². The Bertz CT molecular complexity index is 356. The van der Waals surface area contributed by atoms with Gasteiger partial charge >= 0.3 is 6.03 Å². The lowest BCUT2D eigenvalue weighted by molar-refractivity contribution is 0.235. The van der Waals surface area contributed by atoms with Crippen LogP contribution in [0.3, 0.4) is 0 Å². The van der Waals surface area contributed by atoms with Crippen molar-refractivity contribution in [3.8, 4) is 0 Å². The molecule has 5 nitrogen and oxygen atoms in total. The first kappa shape index (κ1) is 11.0. The van der Waals surface area contributed by atoms with Crippen molar-refractivity contribution >= 4 is 6.03 Å². The number of urea groups is 1. The summed E-state index contributed by atoms with van der Waals surface area (Å²) in [5.74, 6) is 0.680. The van der Waals surface area contributed by atoms with Gasteiger partial charge in [0.05, 0.1) is 12.2 Å². The summed E-state index contributed by atoms with van der Waals surface area (Å²) in [4.78, 5) is 11.5. The molecule has 2 amide bonds. The molecular formula is C11H17N3O2. The van der Waals surface area contributed by atoms with Gasteiger partial charge in [0.2, 0.25) is 0 Å². The van der Waals surface area contributed by atoms with Gasteiger partial charge < -0.3 is 15.2 Å². The van der Waals surface area contributed by atoms with Crippen molar-refractivity contribution in [3.05, 3.63) is 17.5 Å². The summed E-state index contributed by atoms with van der Waals surface area (Å²) in [6.07, 6.45) is 4.61. The summed E-state index contributed by atoms with van der Waals surface area (Å²) in [6.45, 7) is 2.24. The molecule has 0 saturated heterocycles. The van der Waals surface area contributed by atoms with Crippen molar-refractivity contribution in [2.75, 3.05) is 0 Å². The SMILES string of the molecule is Cc1cc(CNC(=O)NC2CCCC2)on1. The van der Waals surface area contributed by atoms with Gasteiger partial charge in [-0.05, 0) is 19.8 Å². The highest BCUT2D eigenvalue weighted by Crippen LogP contribution is 2.17. The van der Waals surface area contributed by atoms with E-state index in [2.05, 4.69) is 15.8 Å². The van der Waals surface area contributed by atoms with E-state index in [1.165, 1.54) is 12.8 Å². The smallest absolute Gasteiger partial charge is 0.315 e. The molecule has 0 bridgehead atoms. The number of nitrogens with one attached hydrogen (secondary N) is 2. The van der Waals surface area contributed by atoms with Gasteiger partial charge in [-0.15, -0.1) is 0 Å². The summed E-state index contributed by atoms with van der Waals surface area (Å²) in [7, 11) is 0. The molecule has 0 atom stereocenters. The topological polar surface area (TPSA) is 67.2 Å². The average molecular weight is 223 g/mol. The zero-order valence-corrected chi connectivity index (χ0v) is 9.45. The first-order valence-corrected chi connectivity index (χ1v) is 5.70. The van der Waals surface area contributed by atoms with Crippen LogP contribution in [0.5, 0.6) is 0 Å². The molecule has 0 radical (unpaired) electrons. The van der Waals surface area contributed by atoms with E-state index in [0.29, 0.717) is 18.3 Å². The quantitative estimate of drug-likeness (QED) is 0.820. The van der Waals surface area contributed by atoms with E-state index in [-0.39, 0.29) is 6.03 Å². The number of aryl methyl sites for hydroxylation is 1. The Morgan fingerprint density at radius 1 is 1.56 bits per heavy atom. The molecule has 16 heavy (non-hydrogen) atoms. The second-order valence-corrected chi connectivity index (χ2v) is 4.24. The number of nitrogens with zero attached hydrogens (tertiary/aromatic N) is 1. The molecule has 0 unspecified atom stereocenters. The molecule has 1 aromatic rings. The number of rotatable bonds is 3. The fourth-order valence-corrected chi connectivity index (χ4v) is 1.97. The molecule has 0 aliphatic heterocycles. The highest BCUT2D eigenvalue weighted by atomic mass is 16.5. The predicted octanol–water partition coefficient (Wildman–Crippen LogP) is 1.72. The van der Waals surface area contributed by atoms with Crippen LogP contribution in [0.15, 0.2) is 10.6 Å². The van der Waals surface area contributed by atoms with Crippen LogP contribution < -0.4 is 10.6 Å². The van der Waals surface area contributed by atoms with Crippen molar-refractivity contribution in [1.29, 1.82) is 0 Å². The normalized spacial score (nSPS) is 16.3. The summed E-state index contributed by atoms with van der Waals surface area (Å²) < 4.78 is 4.99. The van der Waals surface area contributed by atoms with Gasteiger partial charge in [-0.2, -0.15) is 0 Å². The number of carbonyl (C=O) groups is 1. The Hall–Kier alpha value is -1.52. The molecule has 5 heteroatoms. The first-order valence-electron chi connectivity index (χ1n) is 5.70. The van der Waals surface area contributed by atoms with E-state index in [1.54, 1.807) is 0 Å². The summed E-state index contributed by atoms with van der Waals surface area (Å²) >= 11 is 0. The monoisotopic (exact) mass is 223 g/mol. The van der Waals surface area contributed by atoms with Crippen molar-refractivity contribution < 1.29 is 9.32 Å². The molecule has 0 spiro atoms. The minimum Gasteiger partial charge on any atom is -0.359 e. The number of carbonyl (C=O) groups excluding carboxylic acids is 1. The summed E-state index contributed by atoms with van der Waals surface area (Å²) in [5, 5.41) is 9.45. The van der Waals surface area contributed by atoms with Crippen LogP contribution >= 0.6 is 0 Å². The first-order chi connectivity index (χ1) is 7.74. The molecule has 1 saturated carbocycles. The van der Waals surface area contributed by atoms with E-state index in [0.717, 1.165) is 18.5 Å². The van der Waals surface area contributed by atoms with E-state index < -0.39 is 0 Å². The van der Waals surface area contributed by atoms with Crippen molar-refractivity contribution in [1.82, 2.24) is 15.8 Å². The molecule has 1 aromatic heterocycles. The van der Waals surface area contributed by atoms with Crippen LogP contribution in [0.25, 0.3) is 0 Å². The second kappa shape index (κ2) is 5.01. The average Bonchev–Trinajstić information content (AvgIpc) is 2.87. The lowest BCUT2D eigenvalue weighted by atomic mass is 10.2. The van der Waals surface area contributed by atoms with Crippen molar-refractivity contribution in [2.24, 2.45) is 0 Å². The van der Waals surface area contributed by atoms with Crippen LogP contribution in [-0.4, -0.2) is 17.2 Å². The number of hydrogen-bond acceptors (Lipinski definition) is 3. The Morgan fingerprint density at radius 3 is 2.94 bits per heavy atom. The van der Waals surface area contributed by atoms with E-state index in [1.807, 2.05) is 13.0 Å². The highest BCUT2D eigenvalue weighted by Gasteiger charge is 2.16. The molecule has 88 valence electrons. The minimum atomic E-state index is -0.124. The summed E-state index contributed by atoms with van der Waals surface area (Å²) in [5.41, 5.74) is 0.827. The van der Waals surface area contributed by atoms with Gasteiger partial charge in [0.1, 0.15) is 0 Å². The number of aromatic nitrogens is 1. The van der Waals surface area contributed by atoms with Gasteiger partial charge in [0, 0.05) is 12.1 Å². The molecule has 2 N–H and O–H groups in total. The predicted molar refractivity (Wildman–Crippen MR) is 58.9 cm³/mol. The van der Waals surface area contributed by atoms with Crippen molar-refractivity contribution in [2.45, 2.75) is 45.2 Å². The largest absolute Gasteiger partial charge is 0.359 e. The lowest BCUT2D eigenvalue weighted by Gasteiger charge is -2.11. The fraction of sp³-hybridized carbons (Fsp3) is 0.636. The highest BCUT2D eigenvalue weighted by molar-refractivity contribution is 5.74. The Kier molecular flexibility index (Phi) is 3.44. The second-order valence-electron chi connectivity index (χ2n) is 4.24. The van der Waals surface area contributed by atoms with Crippen LogP contribution in [0.1, 0.15) is 37.1 Å².